The Hall–Kier alpha value is -1.65. The van der Waals surface area contributed by atoms with E-state index in [-0.39, 0.29) is 11.3 Å². The summed E-state index contributed by atoms with van der Waals surface area (Å²) in [5, 5.41) is 0. The predicted molar refractivity (Wildman–Crippen MR) is 65.1 cm³/mol. The number of halogens is 2. The van der Waals surface area contributed by atoms with Crippen molar-refractivity contribution in [1.29, 1.82) is 0 Å². The van der Waals surface area contributed by atoms with Crippen molar-refractivity contribution in [3.05, 3.63) is 29.3 Å². The molecule has 2 rings (SSSR count). The monoisotopic (exact) mass is 254 g/mol. The molecule has 0 atom stereocenters. The number of hydrogen-bond donors (Lipinski definition) is 1. The van der Waals surface area contributed by atoms with E-state index in [0.29, 0.717) is 25.1 Å². The lowest BCUT2D eigenvalue weighted by Crippen LogP contribution is -2.33. The van der Waals surface area contributed by atoms with Crippen LogP contribution in [0, 0.1) is 17.6 Å². The van der Waals surface area contributed by atoms with Crippen LogP contribution in [0.2, 0.25) is 0 Å². The van der Waals surface area contributed by atoms with Crippen molar-refractivity contribution in [2.45, 2.75) is 19.8 Å². The van der Waals surface area contributed by atoms with Gasteiger partial charge in [0.25, 0.3) is 5.91 Å². The van der Waals surface area contributed by atoms with Gasteiger partial charge in [0.15, 0.2) is 0 Å². The minimum Gasteiger partial charge on any atom is -0.396 e. The third-order valence-electron chi connectivity index (χ3n) is 3.16. The maximum absolute atomic E-state index is 13.6. The van der Waals surface area contributed by atoms with Crippen LogP contribution < -0.4 is 5.73 Å². The molecule has 2 N–H and O–H groups in total. The van der Waals surface area contributed by atoms with Gasteiger partial charge in [-0.3, -0.25) is 4.79 Å². The Labute approximate surface area is 105 Å². The highest BCUT2D eigenvalue weighted by Crippen LogP contribution is 2.30. The summed E-state index contributed by atoms with van der Waals surface area (Å²) in [4.78, 5) is 13.7. The highest BCUT2D eigenvalue weighted by molar-refractivity contribution is 5.95. The maximum Gasteiger partial charge on any atom is 0.256 e. The van der Waals surface area contributed by atoms with Gasteiger partial charge in [-0.25, -0.2) is 8.78 Å². The molecule has 1 saturated carbocycles. The van der Waals surface area contributed by atoms with Crippen LogP contribution in [0.25, 0.3) is 0 Å². The average molecular weight is 254 g/mol. The second-order valence-corrected chi connectivity index (χ2v) is 4.64. The highest BCUT2D eigenvalue weighted by Gasteiger charge is 2.27. The number of nitrogens with two attached hydrogens (primary N) is 1. The molecule has 0 spiro atoms. The summed E-state index contributed by atoms with van der Waals surface area (Å²) in [6, 6.07) is 1.73. The molecule has 0 saturated heterocycles. The first-order valence-electron chi connectivity index (χ1n) is 6.06. The minimum absolute atomic E-state index is 0.156. The quantitative estimate of drug-likeness (QED) is 0.839. The van der Waals surface area contributed by atoms with Gasteiger partial charge in [0.1, 0.15) is 11.6 Å². The van der Waals surface area contributed by atoms with Crippen molar-refractivity contribution in [3.63, 3.8) is 0 Å². The molecule has 3 nitrogen and oxygen atoms in total. The van der Waals surface area contributed by atoms with E-state index < -0.39 is 17.5 Å². The van der Waals surface area contributed by atoms with Crippen molar-refractivity contribution in [1.82, 2.24) is 4.90 Å². The van der Waals surface area contributed by atoms with Gasteiger partial charge in [0, 0.05) is 19.2 Å². The first-order valence-corrected chi connectivity index (χ1v) is 6.06. The second-order valence-electron chi connectivity index (χ2n) is 4.64. The van der Waals surface area contributed by atoms with Gasteiger partial charge in [-0.1, -0.05) is 0 Å². The van der Waals surface area contributed by atoms with Gasteiger partial charge in [0.2, 0.25) is 0 Å². The summed E-state index contributed by atoms with van der Waals surface area (Å²) in [6.45, 7) is 2.98. The third-order valence-corrected chi connectivity index (χ3v) is 3.16. The molecule has 1 aliphatic carbocycles. The van der Waals surface area contributed by atoms with Crippen LogP contribution in [0.5, 0.6) is 0 Å². The van der Waals surface area contributed by atoms with Crippen LogP contribution in [0.3, 0.4) is 0 Å². The smallest absolute Gasteiger partial charge is 0.256 e. The fourth-order valence-corrected chi connectivity index (χ4v) is 1.87. The largest absolute Gasteiger partial charge is 0.396 e. The molecular formula is C13H16F2N2O. The summed E-state index contributed by atoms with van der Waals surface area (Å²) in [5.41, 5.74) is 5.01. The molecule has 5 heteroatoms. The Morgan fingerprint density at radius 3 is 2.61 bits per heavy atom. The van der Waals surface area contributed by atoms with Gasteiger partial charge in [0.05, 0.1) is 11.3 Å². The molecule has 18 heavy (non-hydrogen) atoms. The number of amides is 1. The number of benzene rings is 1. The fourth-order valence-electron chi connectivity index (χ4n) is 1.87. The summed E-state index contributed by atoms with van der Waals surface area (Å²) in [5.74, 6) is -1.60. The van der Waals surface area contributed by atoms with E-state index in [1.165, 1.54) is 0 Å². The number of nitrogen functional groups attached to an aromatic ring is 1. The number of anilines is 1. The van der Waals surface area contributed by atoms with E-state index in [9.17, 15) is 13.6 Å². The van der Waals surface area contributed by atoms with E-state index >= 15 is 0 Å². The first-order chi connectivity index (χ1) is 8.52. The summed E-state index contributed by atoms with van der Waals surface area (Å²) in [7, 11) is 0. The van der Waals surface area contributed by atoms with Crippen molar-refractivity contribution >= 4 is 11.6 Å². The predicted octanol–water partition coefficient (Wildman–Crippen LogP) is 2.42. The number of carbonyl (C=O) groups excluding carboxylic acids is 1. The highest BCUT2D eigenvalue weighted by atomic mass is 19.1. The SMILES string of the molecule is CCN(CC1CC1)C(=O)c1cc(N)c(F)cc1F. The normalized spacial score (nSPS) is 14.6. The van der Waals surface area contributed by atoms with Crippen molar-refractivity contribution in [2.24, 2.45) is 5.92 Å². The van der Waals surface area contributed by atoms with E-state index in [0.717, 1.165) is 18.9 Å². The lowest BCUT2D eigenvalue weighted by atomic mass is 10.1. The maximum atomic E-state index is 13.6. The molecule has 0 unspecified atom stereocenters. The number of carbonyl (C=O) groups is 1. The lowest BCUT2D eigenvalue weighted by molar-refractivity contribution is 0.0752. The van der Waals surface area contributed by atoms with Crippen molar-refractivity contribution in [3.8, 4) is 0 Å². The number of rotatable bonds is 4. The summed E-state index contributed by atoms with van der Waals surface area (Å²) >= 11 is 0. The Morgan fingerprint density at radius 2 is 2.06 bits per heavy atom. The average Bonchev–Trinajstić information content (AvgIpc) is 3.14. The number of hydrogen-bond acceptors (Lipinski definition) is 2. The fraction of sp³-hybridized carbons (Fsp3) is 0.462. The summed E-state index contributed by atoms with van der Waals surface area (Å²) in [6.07, 6.45) is 2.22. The van der Waals surface area contributed by atoms with Crippen molar-refractivity contribution < 1.29 is 13.6 Å². The van der Waals surface area contributed by atoms with Gasteiger partial charge >= 0.3 is 0 Å². The molecule has 98 valence electrons. The van der Waals surface area contributed by atoms with Crippen LogP contribution in [0.4, 0.5) is 14.5 Å². The van der Waals surface area contributed by atoms with Crippen LogP contribution in [-0.4, -0.2) is 23.9 Å². The topological polar surface area (TPSA) is 46.3 Å². The molecule has 0 aliphatic heterocycles. The molecule has 1 aromatic rings. The van der Waals surface area contributed by atoms with Gasteiger partial charge in [-0.15, -0.1) is 0 Å². The van der Waals surface area contributed by atoms with Crippen LogP contribution in [0.15, 0.2) is 12.1 Å². The minimum atomic E-state index is -0.860. The molecular weight excluding hydrogens is 238 g/mol. The molecule has 1 aromatic carbocycles. The van der Waals surface area contributed by atoms with Gasteiger partial charge in [-0.05, 0) is 31.7 Å². The standard InChI is InChI=1S/C13H16F2N2O/c1-2-17(7-8-3-4-8)13(18)9-5-12(16)11(15)6-10(9)14/h5-6,8H,2-4,7,16H2,1H3. The van der Waals surface area contributed by atoms with Crippen LogP contribution >= 0.6 is 0 Å². The Bertz CT molecular complexity index is 472. The zero-order chi connectivity index (χ0) is 13.3. The second kappa shape index (κ2) is 4.92. The Balaban J connectivity index is 2.23. The zero-order valence-corrected chi connectivity index (χ0v) is 10.2. The molecule has 0 radical (unpaired) electrons. The third kappa shape index (κ3) is 2.60. The van der Waals surface area contributed by atoms with E-state index in [1.54, 1.807) is 4.90 Å². The molecule has 0 heterocycles. The van der Waals surface area contributed by atoms with Crippen molar-refractivity contribution in [2.75, 3.05) is 18.8 Å². The molecule has 0 aromatic heterocycles. The summed E-state index contributed by atoms with van der Waals surface area (Å²) < 4.78 is 26.6. The van der Waals surface area contributed by atoms with E-state index in [4.69, 9.17) is 5.73 Å². The lowest BCUT2D eigenvalue weighted by Gasteiger charge is -2.21. The Morgan fingerprint density at radius 1 is 1.39 bits per heavy atom. The molecule has 1 fully saturated rings. The Kier molecular flexibility index (Phi) is 3.50. The van der Waals surface area contributed by atoms with Crippen LogP contribution in [-0.2, 0) is 0 Å². The van der Waals surface area contributed by atoms with Gasteiger partial charge in [-0.2, -0.15) is 0 Å². The van der Waals surface area contributed by atoms with Crippen LogP contribution in [0.1, 0.15) is 30.1 Å². The molecule has 0 bridgehead atoms. The van der Waals surface area contributed by atoms with E-state index in [2.05, 4.69) is 0 Å². The molecule has 1 aliphatic rings. The molecule has 1 amide bonds. The van der Waals surface area contributed by atoms with E-state index in [1.807, 2.05) is 6.92 Å². The first kappa shape index (κ1) is 12.8. The number of nitrogens with zero attached hydrogens (tertiary/aromatic N) is 1. The van der Waals surface area contributed by atoms with Gasteiger partial charge < -0.3 is 10.6 Å². The zero-order valence-electron chi connectivity index (χ0n) is 10.2.